The first kappa shape index (κ1) is 17.6. The van der Waals surface area contributed by atoms with Crippen molar-refractivity contribution in [3.8, 4) is 11.5 Å². The van der Waals surface area contributed by atoms with E-state index < -0.39 is 9.84 Å². The van der Waals surface area contributed by atoms with Gasteiger partial charge in [0.1, 0.15) is 11.5 Å². The summed E-state index contributed by atoms with van der Waals surface area (Å²) in [6.45, 7) is 1.87. The minimum atomic E-state index is -3.01. The highest BCUT2D eigenvalue weighted by Gasteiger charge is 2.32. The van der Waals surface area contributed by atoms with Crippen LogP contribution in [0.25, 0.3) is 0 Å². The summed E-state index contributed by atoms with van der Waals surface area (Å²) in [5.41, 5.74) is 1.61. The number of ether oxygens (including phenoxy) is 2. The average Bonchev–Trinajstić information content (AvgIpc) is 2.87. The third kappa shape index (κ3) is 3.77. The molecule has 1 aliphatic heterocycles. The van der Waals surface area contributed by atoms with Crippen molar-refractivity contribution < 1.29 is 22.7 Å². The summed E-state index contributed by atoms with van der Waals surface area (Å²) < 4.78 is 33.8. The molecule has 23 heavy (non-hydrogen) atoms. The molecule has 2 rings (SSSR count). The molecule has 0 N–H and O–H groups in total. The summed E-state index contributed by atoms with van der Waals surface area (Å²) >= 11 is 0. The maximum absolute atomic E-state index is 12.5. The van der Waals surface area contributed by atoms with Gasteiger partial charge >= 0.3 is 0 Å². The smallest absolute Gasteiger partial charge is 0.227 e. The van der Waals surface area contributed by atoms with Gasteiger partial charge in [-0.1, -0.05) is 6.07 Å². The molecule has 7 heteroatoms. The number of benzene rings is 1. The molecule has 1 aliphatic rings. The number of methoxy groups -OCH3 is 2. The van der Waals surface area contributed by atoms with Crippen molar-refractivity contribution in [2.45, 2.75) is 25.8 Å². The van der Waals surface area contributed by atoms with Crippen LogP contribution in [-0.4, -0.2) is 58.0 Å². The fourth-order valence-electron chi connectivity index (χ4n) is 2.95. The van der Waals surface area contributed by atoms with Crippen LogP contribution in [0.2, 0.25) is 0 Å². The lowest BCUT2D eigenvalue weighted by molar-refractivity contribution is -0.130. The Labute approximate surface area is 137 Å². The standard InChI is InChI=1S/C16H23NO5S/c1-11-14(21-3)6-5-12(16(11)22-4)9-15(18)17(2)13-7-8-23(19,20)10-13/h5-6,13H,7-10H2,1-4H3. The molecule has 1 fully saturated rings. The Hall–Kier alpha value is -1.76. The van der Waals surface area contributed by atoms with E-state index in [1.165, 1.54) is 0 Å². The summed E-state index contributed by atoms with van der Waals surface area (Å²) in [6.07, 6.45) is 0.671. The average molecular weight is 341 g/mol. The molecule has 1 aromatic rings. The van der Waals surface area contributed by atoms with Crippen LogP contribution >= 0.6 is 0 Å². The van der Waals surface area contributed by atoms with Gasteiger partial charge < -0.3 is 14.4 Å². The molecule has 6 nitrogen and oxygen atoms in total. The van der Waals surface area contributed by atoms with Crippen molar-refractivity contribution in [3.63, 3.8) is 0 Å². The lowest BCUT2D eigenvalue weighted by Crippen LogP contribution is -2.38. The van der Waals surface area contributed by atoms with Crippen molar-refractivity contribution in [2.75, 3.05) is 32.8 Å². The fraction of sp³-hybridized carbons (Fsp3) is 0.562. The summed E-state index contributed by atoms with van der Waals surface area (Å²) in [7, 11) is 1.80. The topological polar surface area (TPSA) is 72.9 Å². The van der Waals surface area contributed by atoms with Crippen LogP contribution < -0.4 is 9.47 Å². The molecule has 1 heterocycles. The third-order valence-corrected chi connectivity index (χ3v) is 6.10. The number of likely N-dealkylation sites (N-methyl/N-ethyl adjacent to an activating group) is 1. The summed E-state index contributed by atoms with van der Waals surface area (Å²) in [5.74, 6) is 1.42. The van der Waals surface area contributed by atoms with Gasteiger partial charge in [0, 0.05) is 24.2 Å². The highest BCUT2D eigenvalue weighted by Crippen LogP contribution is 2.32. The molecular formula is C16H23NO5S. The van der Waals surface area contributed by atoms with E-state index in [4.69, 9.17) is 9.47 Å². The van der Waals surface area contributed by atoms with E-state index in [9.17, 15) is 13.2 Å². The highest BCUT2D eigenvalue weighted by atomic mass is 32.2. The monoisotopic (exact) mass is 341 g/mol. The second-order valence-corrected chi connectivity index (χ2v) is 8.05. The Morgan fingerprint density at radius 2 is 2.00 bits per heavy atom. The second-order valence-electron chi connectivity index (χ2n) is 5.82. The molecule has 0 radical (unpaired) electrons. The predicted molar refractivity (Wildman–Crippen MR) is 87.8 cm³/mol. The van der Waals surface area contributed by atoms with E-state index in [0.717, 1.165) is 11.1 Å². The quantitative estimate of drug-likeness (QED) is 0.805. The maximum Gasteiger partial charge on any atom is 0.227 e. The van der Waals surface area contributed by atoms with E-state index in [2.05, 4.69) is 0 Å². The van der Waals surface area contributed by atoms with Crippen LogP contribution in [0, 0.1) is 6.92 Å². The Bertz CT molecular complexity index is 699. The molecule has 128 valence electrons. The Morgan fingerprint density at radius 1 is 1.30 bits per heavy atom. The van der Waals surface area contributed by atoms with Crippen LogP contribution in [0.1, 0.15) is 17.5 Å². The molecule has 0 bridgehead atoms. The van der Waals surface area contributed by atoms with Gasteiger partial charge in [0.2, 0.25) is 5.91 Å². The van der Waals surface area contributed by atoms with E-state index in [-0.39, 0.29) is 29.9 Å². The SMILES string of the molecule is COc1ccc(CC(=O)N(C)C2CCS(=O)(=O)C2)c(OC)c1C. The number of amides is 1. The van der Waals surface area contributed by atoms with Crippen LogP contribution in [-0.2, 0) is 21.1 Å². The number of carbonyl (C=O) groups excluding carboxylic acids is 1. The van der Waals surface area contributed by atoms with Gasteiger partial charge in [-0.2, -0.15) is 0 Å². The lowest BCUT2D eigenvalue weighted by atomic mass is 10.0. The first-order valence-corrected chi connectivity index (χ1v) is 9.27. The zero-order valence-corrected chi connectivity index (χ0v) is 14.8. The third-order valence-electron chi connectivity index (χ3n) is 4.35. The van der Waals surface area contributed by atoms with Crippen LogP contribution in [0.3, 0.4) is 0 Å². The van der Waals surface area contributed by atoms with Crippen LogP contribution in [0.4, 0.5) is 0 Å². The zero-order chi connectivity index (χ0) is 17.2. The van der Waals surface area contributed by atoms with E-state index in [1.54, 1.807) is 32.2 Å². The number of sulfone groups is 1. The molecule has 1 saturated heterocycles. The van der Waals surface area contributed by atoms with Gasteiger partial charge in [-0.15, -0.1) is 0 Å². The van der Waals surface area contributed by atoms with Gasteiger partial charge in [0.25, 0.3) is 0 Å². The Kier molecular flexibility index (Phi) is 5.19. The first-order chi connectivity index (χ1) is 10.8. The number of carbonyl (C=O) groups is 1. The van der Waals surface area contributed by atoms with Crippen molar-refractivity contribution in [3.05, 3.63) is 23.3 Å². The molecule has 1 amide bonds. The van der Waals surface area contributed by atoms with E-state index >= 15 is 0 Å². The second kappa shape index (κ2) is 6.78. The molecule has 0 aromatic heterocycles. The molecule has 0 spiro atoms. The predicted octanol–water partition coefficient (Wildman–Crippen LogP) is 1.20. The molecule has 1 aromatic carbocycles. The van der Waals surface area contributed by atoms with Gasteiger partial charge in [0.05, 0.1) is 32.1 Å². The molecule has 1 atom stereocenters. The van der Waals surface area contributed by atoms with Crippen molar-refractivity contribution in [2.24, 2.45) is 0 Å². The van der Waals surface area contributed by atoms with Crippen LogP contribution in [0.5, 0.6) is 11.5 Å². The van der Waals surface area contributed by atoms with Crippen molar-refractivity contribution in [1.29, 1.82) is 0 Å². The number of rotatable bonds is 5. The fourth-order valence-corrected chi connectivity index (χ4v) is 4.72. The van der Waals surface area contributed by atoms with Crippen molar-refractivity contribution in [1.82, 2.24) is 4.90 Å². The molecular weight excluding hydrogens is 318 g/mol. The van der Waals surface area contributed by atoms with Gasteiger partial charge in [-0.05, 0) is 19.4 Å². The number of hydrogen-bond donors (Lipinski definition) is 0. The molecule has 0 aliphatic carbocycles. The van der Waals surface area contributed by atoms with Gasteiger partial charge in [0.15, 0.2) is 9.84 Å². The minimum Gasteiger partial charge on any atom is -0.496 e. The van der Waals surface area contributed by atoms with E-state index in [1.807, 2.05) is 13.0 Å². The molecule has 0 saturated carbocycles. The Balaban J connectivity index is 2.16. The van der Waals surface area contributed by atoms with Crippen LogP contribution in [0.15, 0.2) is 12.1 Å². The first-order valence-electron chi connectivity index (χ1n) is 7.45. The largest absolute Gasteiger partial charge is 0.496 e. The van der Waals surface area contributed by atoms with E-state index in [0.29, 0.717) is 17.9 Å². The number of hydrogen-bond acceptors (Lipinski definition) is 5. The summed E-state index contributed by atoms with van der Waals surface area (Å²) in [4.78, 5) is 14.0. The Morgan fingerprint density at radius 3 is 2.52 bits per heavy atom. The van der Waals surface area contributed by atoms with Crippen molar-refractivity contribution >= 4 is 15.7 Å². The maximum atomic E-state index is 12.5. The van der Waals surface area contributed by atoms with Gasteiger partial charge in [-0.25, -0.2) is 8.42 Å². The lowest BCUT2D eigenvalue weighted by Gasteiger charge is -2.24. The highest BCUT2D eigenvalue weighted by molar-refractivity contribution is 7.91. The normalized spacial score (nSPS) is 19.4. The summed E-state index contributed by atoms with van der Waals surface area (Å²) in [5, 5.41) is 0. The summed E-state index contributed by atoms with van der Waals surface area (Å²) in [6, 6.07) is 3.38. The van der Waals surface area contributed by atoms with Gasteiger partial charge in [-0.3, -0.25) is 4.79 Å². The zero-order valence-electron chi connectivity index (χ0n) is 14.0. The molecule has 1 unspecified atom stereocenters. The minimum absolute atomic E-state index is 0.0496. The number of nitrogens with zero attached hydrogens (tertiary/aromatic N) is 1.